The minimum Gasteiger partial charge on any atom is -0.444 e. The minimum atomic E-state index is -0.543. The fourth-order valence-electron chi connectivity index (χ4n) is 4.21. The van der Waals surface area contributed by atoms with E-state index in [4.69, 9.17) is 18.7 Å². The first-order valence-corrected chi connectivity index (χ1v) is 12.3. The molecule has 0 aliphatic carbocycles. The number of halogens is 1. The van der Waals surface area contributed by atoms with E-state index >= 15 is 0 Å². The number of benzene rings is 1. The lowest BCUT2D eigenvalue weighted by atomic mass is 9.84. The molecule has 2 saturated heterocycles. The Balaban J connectivity index is 1.42. The van der Waals surface area contributed by atoms with Crippen molar-refractivity contribution in [3.8, 4) is 11.4 Å². The molecular formula is C23H30FN3O5S. The summed E-state index contributed by atoms with van der Waals surface area (Å²) in [4.78, 5) is 19.3. The van der Waals surface area contributed by atoms with Crippen LogP contribution in [0.2, 0.25) is 0 Å². The number of fused-ring (bicyclic) bond motifs is 2. The molecule has 2 fully saturated rings. The SMILES string of the molecule is CSc1ccc(-c2noc([C@H](C)OC3C4COCC3CN(C(=O)OC(C)(C)C)C4)n2)cc1F. The summed E-state index contributed by atoms with van der Waals surface area (Å²) in [5, 5.41) is 4.01. The van der Waals surface area contributed by atoms with E-state index in [2.05, 4.69) is 10.1 Å². The van der Waals surface area contributed by atoms with Crippen LogP contribution in [0.1, 0.15) is 39.7 Å². The number of piperidine rings is 1. The van der Waals surface area contributed by atoms with Crippen molar-refractivity contribution in [2.24, 2.45) is 11.8 Å². The summed E-state index contributed by atoms with van der Waals surface area (Å²) < 4.78 is 37.2. The Morgan fingerprint density at radius 1 is 1.27 bits per heavy atom. The molecule has 2 aromatic rings. The lowest BCUT2D eigenvalue weighted by Crippen LogP contribution is -2.58. The predicted octanol–water partition coefficient (Wildman–Crippen LogP) is 4.56. The summed E-state index contributed by atoms with van der Waals surface area (Å²) in [6, 6.07) is 4.87. The van der Waals surface area contributed by atoms with Gasteiger partial charge in [0.1, 0.15) is 17.5 Å². The Morgan fingerprint density at radius 2 is 1.97 bits per heavy atom. The van der Waals surface area contributed by atoms with Gasteiger partial charge in [0.05, 0.1) is 19.3 Å². The molecule has 0 saturated carbocycles. The maximum Gasteiger partial charge on any atom is 0.410 e. The highest BCUT2D eigenvalue weighted by molar-refractivity contribution is 7.98. The summed E-state index contributed by atoms with van der Waals surface area (Å²) in [6.45, 7) is 9.43. The van der Waals surface area contributed by atoms with Gasteiger partial charge in [-0.05, 0) is 52.1 Å². The highest BCUT2D eigenvalue weighted by Crippen LogP contribution is 2.34. The summed E-state index contributed by atoms with van der Waals surface area (Å²) in [5.41, 5.74) is 0.00203. The fraction of sp³-hybridized carbons (Fsp3) is 0.609. The van der Waals surface area contributed by atoms with Gasteiger partial charge in [-0.15, -0.1) is 11.8 Å². The number of carbonyl (C=O) groups excluding carboxylic acids is 1. The molecule has 8 nitrogen and oxygen atoms in total. The second-order valence-corrected chi connectivity index (χ2v) is 10.3. The van der Waals surface area contributed by atoms with Crippen LogP contribution in [-0.2, 0) is 14.2 Å². The second kappa shape index (κ2) is 9.60. The second-order valence-electron chi connectivity index (χ2n) is 9.49. The van der Waals surface area contributed by atoms with E-state index in [0.29, 0.717) is 48.5 Å². The zero-order valence-corrected chi connectivity index (χ0v) is 20.4. The number of rotatable bonds is 5. The molecule has 2 aliphatic heterocycles. The average Bonchev–Trinajstić information content (AvgIpc) is 3.22. The first-order chi connectivity index (χ1) is 15.6. The van der Waals surface area contributed by atoms with Gasteiger partial charge in [-0.25, -0.2) is 9.18 Å². The number of aromatic nitrogens is 2. The maximum absolute atomic E-state index is 14.1. The molecule has 1 aromatic carbocycles. The molecule has 1 amide bonds. The number of hydrogen-bond acceptors (Lipinski definition) is 8. The van der Waals surface area contributed by atoms with Gasteiger partial charge >= 0.3 is 6.09 Å². The third-order valence-corrected chi connectivity index (χ3v) is 6.49. The van der Waals surface area contributed by atoms with Crippen LogP contribution in [0.25, 0.3) is 11.4 Å². The van der Waals surface area contributed by atoms with E-state index in [0.717, 1.165) is 0 Å². The minimum absolute atomic E-state index is 0.0167. The number of amides is 1. The molecule has 2 aliphatic rings. The molecule has 0 radical (unpaired) electrons. The standard InChI is InChI=1S/C23H30FN3O5S/c1-13(21-25-20(26-32-21)14-6-7-18(33-5)17(24)8-14)30-19-15-9-27(10-16(19)12-29-11-15)22(28)31-23(2,3)4/h6-8,13,15-16,19H,9-12H2,1-5H3/t13-,15?,16?,19?/m0/s1. The normalized spacial score (nSPS) is 23.9. The molecule has 4 rings (SSSR count). The van der Waals surface area contributed by atoms with Crippen LogP contribution >= 0.6 is 11.8 Å². The van der Waals surface area contributed by atoms with Crippen LogP contribution in [0.3, 0.4) is 0 Å². The number of likely N-dealkylation sites (tertiary alicyclic amines) is 1. The molecule has 180 valence electrons. The third kappa shape index (κ3) is 5.50. The number of carbonyl (C=O) groups is 1. The van der Waals surface area contributed by atoms with Crippen LogP contribution < -0.4 is 0 Å². The van der Waals surface area contributed by atoms with Crippen LogP contribution in [0, 0.1) is 17.7 Å². The summed E-state index contributed by atoms with van der Waals surface area (Å²) >= 11 is 1.34. The van der Waals surface area contributed by atoms with Crippen molar-refractivity contribution >= 4 is 17.9 Å². The first-order valence-electron chi connectivity index (χ1n) is 11.0. The molecule has 3 heterocycles. The van der Waals surface area contributed by atoms with Crippen molar-refractivity contribution in [2.75, 3.05) is 32.6 Å². The van der Waals surface area contributed by atoms with E-state index in [1.54, 1.807) is 17.0 Å². The van der Waals surface area contributed by atoms with Crippen LogP contribution in [-0.4, -0.2) is 65.4 Å². The molecular weight excluding hydrogens is 449 g/mol. The van der Waals surface area contributed by atoms with E-state index in [1.165, 1.54) is 17.8 Å². The number of nitrogens with zero attached hydrogens (tertiary/aromatic N) is 3. The molecule has 0 N–H and O–H groups in total. The van der Waals surface area contributed by atoms with Gasteiger partial charge in [0.2, 0.25) is 5.82 Å². The van der Waals surface area contributed by atoms with Crippen molar-refractivity contribution in [1.82, 2.24) is 15.0 Å². The quantitative estimate of drug-likeness (QED) is 0.577. The third-order valence-electron chi connectivity index (χ3n) is 5.72. The maximum atomic E-state index is 14.1. The first kappa shape index (κ1) is 24.0. The van der Waals surface area contributed by atoms with Gasteiger partial charge < -0.3 is 23.6 Å². The van der Waals surface area contributed by atoms with Gasteiger partial charge in [-0.1, -0.05) is 5.16 Å². The van der Waals surface area contributed by atoms with E-state index in [1.807, 2.05) is 34.0 Å². The van der Waals surface area contributed by atoms with Gasteiger partial charge in [0.25, 0.3) is 5.89 Å². The zero-order valence-electron chi connectivity index (χ0n) is 19.5. The van der Waals surface area contributed by atoms with Crippen molar-refractivity contribution in [1.29, 1.82) is 0 Å². The Morgan fingerprint density at radius 3 is 2.58 bits per heavy atom. The summed E-state index contributed by atoms with van der Waals surface area (Å²) in [6.07, 6.45) is 0.943. The smallest absolute Gasteiger partial charge is 0.410 e. The van der Waals surface area contributed by atoms with Crippen LogP contribution in [0.5, 0.6) is 0 Å². The fourth-order valence-corrected chi connectivity index (χ4v) is 4.67. The highest BCUT2D eigenvalue weighted by Gasteiger charge is 2.44. The van der Waals surface area contributed by atoms with Crippen molar-refractivity contribution < 1.29 is 27.9 Å². The topological polar surface area (TPSA) is 86.9 Å². The van der Waals surface area contributed by atoms with E-state index < -0.39 is 11.7 Å². The predicted molar refractivity (Wildman–Crippen MR) is 120 cm³/mol. The number of hydrogen-bond donors (Lipinski definition) is 0. The average molecular weight is 480 g/mol. The summed E-state index contributed by atoms with van der Waals surface area (Å²) in [7, 11) is 0. The lowest BCUT2D eigenvalue weighted by molar-refractivity contribution is -0.168. The van der Waals surface area contributed by atoms with Gasteiger partial charge in [0.15, 0.2) is 0 Å². The Hall–Kier alpha value is -2.17. The Bertz CT molecular complexity index is 981. The number of ether oxygens (including phenoxy) is 3. The largest absolute Gasteiger partial charge is 0.444 e. The molecule has 2 unspecified atom stereocenters. The van der Waals surface area contributed by atoms with Crippen molar-refractivity contribution in [2.45, 2.75) is 50.4 Å². The van der Waals surface area contributed by atoms with Crippen molar-refractivity contribution in [3.63, 3.8) is 0 Å². The van der Waals surface area contributed by atoms with Crippen LogP contribution in [0.4, 0.5) is 9.18 Å². The lowest BCUT2D eigenvalue weighted by Gasteiger charge is -2.47. The van der Waals surface area contributed by atoms with Crippen LogP contribution in [0.15, 0.2) is 27.6 Å². The molecule has 0 spiro atoms. The number of thioether (sulfide) groups is 1. The Kier molecular flexibility index (Phi) is 6.97. The van der Waals surface area contributed by atoms with Crippen molar-refractivity contribution in [3.05, 3.63) is 29.9 Å². The molecule has 3 atom stereocenters. The van der Waals surface area contributed by atoms with Gasteiger partial charge in [0, 0.05) is 35.4 Å². The monoisotopic (exact) mass is 479 g/mol. The highest BCUT2D eigenvalue weighted by atomic mass is 32.2. The Labute approximate surface area is 197 Å². The molecule has 33 heavy (non-hydrogen) atoms. The van der Waals surface area contributed by atoms with E-state index in [-0.39, 0.29) is 29.9 Å². The molecule has 2 bridgehead atoms. The summed E-state index contributed by atoms with van der Waals surface area (Å²) in [5.74, 6) is 0.356. The zero-order chi connectivity index (χ0) is 23.8. The van der Waals surface area contributed by atoms with E-state index in [9.17, 15) is 9.18 Å². The van der Waals surface area contributed by atoms with Gasteiger partial charge in [-0.2, -0.15) is 4.98 Å². The van der Waals surface area contributed by atoms with Gasteiger partial charge in [-0.3, -0.25) is 0 Å². The molecule has 1 aromatic heterocycles. The molecule has 10 heteroatoms.